The molecule has 0 saturated carbocycles. The quantitative estimate of drug-likeness (QED) is 0.361. The third-order valence-electron chi connectivity index (χ3n) is 5.63. The molecule has 0 spiro atoms. The standard InChI is InChI=1S/C27H23N3OS2/c1-27(2,3)20-11-9-18(10-12-20)17-5-7-19(8-6-17)24-28-21-13-4-16(14-22(21)29-24)15-23-25(31)30-26(32)33-23/h4-15,31H,1-3H3,(H,30,32)/b16-15+. The average molecular weight is 470 g/mol. The molecule has 1 aliphatic heterocycles. The Morgan fingerprint density at radius 3 is 2.12 bits per heavy atom. The van der Waals surface area contributed by atoms with Gasteiger partial charge in [-0.1, -0.05) is 75.4 Å². The maximum absolute atomic E-state index is 9.94. The number of H-pyrrole nitrogens is 1. The van der Waals surface area contributed by atoms with Crippen molar-refractivity contribution in [3.8, 4) is 17.0 Å². The Morgan fingerprint density at radius 1 is 0.879 bits per heavy atom. The molecule has 0 radical (unpaired) electrons. The molecule has 0 saturated heterocycles. The summed E-state index contributed by atoms with van der Waals surface area (Å²) in [6.45, 7) is 6.68. The van der Waals surface area contributed by atoms with Crippen LogP contribution in [0.4, 0.5) is 5.69 Å². The first-order valence-corrected chi connectivity index (χ1v) is 11.9. The number of amidine groups is 1. The molecule has 5 rings (SSSR count). The number of hydrogen-bond acceptors (Lipinski definition) is 5. The minimum atomic E-state index is 0.0903. The van der Waals surface area contributed by atoms with Crippen molar-refractivity contribution in [2.45, 2.75) is 26.2 Å². The second kappa shape index (κ2) is 8.21. The van der Waals surface area contributed by atoms with Crippen LogP contribution in [0.5, 0.6) is 5.88 Å². The molecule has 33 heavy (non-hydrogen) atoms. The van der Waals surface area contributed by atoms with Crippen molar-refractivity contribution in [2.75, 3.05) is 0 Å². The maximum Gasteiger partial charge on any atom is 0.207 e. The number of thiazole rings is 1. The molecule has 0 aliphatic carbocycles. The van der Waals surface area contributed by atoms with Crippen LogP contribution in [0.3, 0.4) is 0 Å². The van der Waals surface area contributed by atoms with Crippen molar-refractivity contribution in [2.24, 2.45) is 9.98 Å². The Balaban J connectivity index is 1.41. The Hall–Kier alpha value is -3.35. The summed E-state index contributed by atoms with van der Waals surface area (Å²) in [5, 5.41) is 11.7. The minimum absolute atomic E-state index is 0.0903. The fourth-order valence-electron chi connectivity index (χ4n) is 3.75. The van der Waals surface area contributed by atoms with Gasteiger partial charge in [0.2, 0.25) is 5.88 Å². The molecule has 0 bridgehead atoms. The van der Waals surface area contributed by atoms with E-state index in [0.29, 0.717) is 14.7 Å². The largest absolute Gasteiger partial charge is 0.494 e. The van der Waals surface area contributed by atoms with Crippen LogP contribution >= 0.6 is 23.6 Å². The number of aromatic hydroxyl groups is 1. The van der Waals surface area contributed by atoms with Gasteiger partial charge in [0.15, 0.2) is 9.79 Å². The van der Waals surface area contributed by atoms with E-state index in [9.17, 15) is 5.11 Å². The van der Waals surface area contributed by atoms with Crippen molar-refractivity contribution in [1.29, 1.82) is 0 Å². The van der Waals surface area contributed by atoms with Crippen molar-refractivity contribution >= 4 is 41.2 Å². The molecular formula is C27H23N3OS2. The van der Waals surface area contributed by atoms with Gasteiger partial charge < -0.3 is 10.1 Å². The van der Waals surface area contributed by atoms with Gasteiger partial charge in [-0.05, 0) is 57.8 Å². The second-order valence-corrected chi connectivity index (χ2v) is 10.8. The predicted molar refractivity (Wildman–Crippen MR) is 139 cm³/mol. The molecular weight excluding hydrogens is 446 g/mol. The zero-order valence-corrected chi connectivity index (χ0v) is 20.2. The number of hydrogen-bond donors (Lipinski definition) is 2. The smallest absolute Gasteiger partial charge is 0.207 e. The Kier molecular flexibility index (Phi) is 5.35. The summed E-state index contributed by atoms with van der Waals surface area (Å²) >= 11 is 6.43. The fourth-order valence-corrected chi connectivity index (χ4v) is 4.81. The molecule has 1 aliphatic rings. The van der Waals surface area contributed by atoms with E-state index >= 15 is 0 Å². The van der Waals surface area contributed by atoms with E-state index in [1.54, 1.807) is 0 Å². The summed E-state index contributed by atoms with van der Waals surface area (Å²) in [7, 11) is 0. The van der Waals surface area contributed by atoms with Crippen LogP contribution in [0.15, 0.2) is 76.7 Å². The van der Waals surface area contributed by atoms with E-state index in [1.165, 1.54) is 28.0 Å². The van der Waals surface area contributed by atoms with E-state index < -0.39 is 0 Å². The van der Waals surface area contributed by atoms with E-state index in [0.717, 1.165) is 21.8 Å². The number of aliphatic imine (C=N–C) groups is 1. The van der Waals surface area contributed by atoms with Crippen LogP contribution in [-0.2, 0) is 5.41 Å². The Bertz CT molecular complexity index is 1550. The van der Waals surface area contributed by atoms with Crippen LogP contribution in [-0.4, -0.2) is 15.9 Å². The first-order valence-electron chi connectivity index (χ1n) is 10.7. The van der Waals surface area contributed by atoms with Crippen LogP contribution in [0.1, 0.15) is 36.8 Å². The van der Waals surface area contributed by atoms with Gasteiger partial charge in [-0.3, -0.25) is 0 Å². The first kappa shape index (κ1) is 21.5. The molecule has 2 heterocycles. The van der Waals surface area contributed by atoms with Gasteiger partial charge in [-0.2, -0.15) is 0 Å². The third kappa shape index (κ3) is 4.45. The van der Waals surface area contributed by atoms with Gasteiger partial charge in [-0.25, -0.2) is 9.98 Å². The lowest BCUT2D eigenvalue weighted by Crippen LogP contribution is -2.10. The number of nitrogens with zero attached hydrogens (tertiary/aromatic N) is 2. The summed E-state index contributed by atoms with van der Waals surface area (Å²) < 4.78 is 0.545. The predicted octanol–water partition coefficient (Wildman–Crippen LogP) is 6.02. The lowest BCUT2D eigenvalue weighted by atomic mass is 9.86. The second-order valence-electron chi connectivity index (χ2n) is 9.07. The highest BCUT2D eigenvalue weighted by molar-refractivity contribution is 7.73. The first-order chi connectivity index (χ1) is 15.8. The summed E-state index contributed by atoms with van der Waals surface area (Å²) in [6, 6.07) is 23.0. The molecule has 6 heteroatoms. The monoisotopic (exact) mass is 469 g/mol. The van der Waals surface area contributed by atoms with E-state index in [4.69, 9.17) is 22.2 Å². The van der Waals surface area contributed by atoms with E-state index in [2.05, 4.69) is 74.3 Å². The van der Waals surface area contributed by atoms with Crippen LogP contribution in [0, 0.1) is 3.95 Å². The number of fused-ring (bicyclic) bond motifs is 1. The SMILES string of the molecule is CC(C)(C)c1ccc(-c2ccc(C3=Nc4c/c(=C/c5sc(=S)[nH]c5O)ccc4=N3)cc2)cc1. The highest BCUT2D eigenvalue weighted by Gasteiger charge is 2.14. The molecule has 0 unspecified atom stereocenters. The van der Waals surface area contributed by atoms with Gasteiger partial charge in [-0.15, -0.1) is 11.3 Å². The lowest BCUT2D eigenvalue weighted by Gasteiger charge is -2.19. The van der Waals surface area contributed by atoms with Gasteiger partial charge in [0.05, 0.1) is 15.9 Å². The van der Waals surface area contributed by atoms with Crippen molar-refractivity contribution in [3.05, 3.63) is 97.3 Å². The minimum Gasteiger partial charge on any atom is -0.494 e. The van der Waals surface area contributed by atoms with Crippen LogP contribution < -0.4 is 10.6 Å². The summed E-state index contributed by atoms with van der Waals surface area (Å²) in [6.07, 6.45) is 1.89. The van der Waals surface area contributed by atoms with Gasteiger partial charge in [0.25, 0.3) is 0 Å². The number of aromatic amines is 1. The average Bonchev–Trinajstić information content (AvgIpc) is 3.35. The number of aromatic nitrogens is 1. The van der Waals surface area contributed by atoms with Crippen LogP contribution in [0.2, 0.25) is 0 Å². The van der Waals surface area contributed by atoms with Crippen LogP contribution in [0.25, 0.3) is 17.2 Å². The summed E-state index contributed by atoms with van der Waals surface area (Å²) in [5.41, 5.74) is 5.63. The van der Waals surface area contributed by atoms with Crippen molar-refractivity contribution in [3.63, 3.8) is 0 Å². The molecule has 4 nitrogen and oxygen atoms in total. The number of benzene rings is 3. The highest BCUT2D eigenvalue weighted by atomic mass is 32.1. The highest BCUT2D eigenvalue weighted by Crippen LogP contribution is 2.27. The normalized spacial score (nSPS) is 13.5. The van der Waals surface area contributed by atoms with Crippen molar-refractivity contribution in [1.82, 2.24) is 4.98 Å². The lowest BCUT2D eigenvalue weighted by molar-refractivity contribution is 0.456. The Morgan fingerprint density at radius 2 is 1.52 bits per heavy atom. The van der Waals surface area contributed by atoms with Crippen molar-refractivity contribution < 1.29 is 5.11 Å². The molecule has 0 fully saturated rings. The maximum atomic E-state index is 9.94. The number of rotatable bonds is 3. The molecule has 2 N–H and O–H groups in total. The molecule has 1 aromatic heterocycles. The topological polar surface area (TPSA) is 60.7 Å². The molecule has 3 aromatic carbocycles. The summed E-state index contributed by atoms with van der Waals surface area (Å²) in [4.78, 5) is 12.9. The number of nitrogens with one attached hydrogen (secondary N) is 1. The van der Waals surface area contributed by atoms with E-state index in [1.807, 2.05) is 24.3 Å². The zero-order valence-electron chi connectivity index (χ0n) is 18.6. The van der Waals surface area contributed by atoms with Gasteiger partial charge in [0.1, 0.15) is 0 Å². The molecule has 4 aromatic rings. The van der Waals surface area contributed by atoms with Gasteiger partial charge in [0, 0.05) is 5.56 Å². The van der Waals surface area contributed by atoms with E-state index in [-0.39, 0.29) is 11.3 Å². The molecule has 164 valence electrons. The Labute approximate surface area is 201 Å². The summed E-state index contributed by atoms with van der Waals surface area (Å²) in [5.74, 6) is 0.796. The third-order valence-corrected chi connectivity index (χ3v) is 6.80. The molecule has 0 amide bonds. The fraction of sp³-hybridized carbons (Fsp3) is 0.148. The van der Waals surface area contributed by atoms with Gasteiger partial charge >= 0.3 is 0 Å². The zero-order chi connectivity index (χ0) is 23.2. The molecule has 0 atom stereocenters.